The summed E-state index contributed by atoms with van der Waals surface area (Å²) < 4.78 is 0. The highest BCUT2D eigenvalue weighted by atomic mass is 16.3. The highest BCUT2D eigenvalue weighted by molar-refractivity contribution is 5.76. The minimum atomic E-state index is -0.642. The zero-order chi connectivity index (χ0) is 13.7. The van der Waals surface area contributed by atoms with Crippen LogP contribution in [-0.2, 0) is 4.79 Å². The van der Waals surface area contributed by atoms with Gasteiger partial charge in [-0.05, 0) is 50.4 Å². The Balaban J connectivity index is 1.67. The van der Waals surface area contributed by atoms with E-state index in [0.29, 0.717) is 18.9 Å². The maximum atomic E-state index is 11.9. The number of amides is 1. The number of hydrogen-bond donors (Lipinski definition) is 2. The summed E-state index contributed by atoms with van der Waals surface area (Å²) in [5, 5.41) is 13.4. The molecule has 0 aromatic rings. The van der Waals surface area contributed by atoms with Gasteiger partial charge in [-0.2, -0.15) is 0 Å². The molecule has 0 radical (unpaired) electrons. The van der Waals surface area contributed by atoms with E-state index in [0.717, 1.165) is 31.6 Å². The highest BCUT2D eigenvalue weighted by Gasteiger charge is 2.33. The highest BCUT2D eigenvalue weighted by Crippen LogP contribution is 2.33. The lowest BCUT2D eigenvalue weighted by Gasteiger charge is -2.36. The average Bonchev–Trinajstić information content (AvgIpc) is 2.90. The monoisotopic (exact) mass is 267 g/mol. The third-order valence-corrected chi connectivity index (χ3v) is 5.18. The third-order valence-electron chi connectivity index (χ3n) is 5.18. The zero-order valence-electron chi connectivity index (χ0n) is 12.3. The standard InChI is InChI=1S/C16H29NO2/c1-2-13-7-9-16(19,10-8-13)12-17-15(18)11-14-5-3-4-6-14/h13-14,19H,2-12H2,1H3,(H,17,18). The third kappa shape index (κ3) is 4.48. The van der Waals surface area contributed by atoms with Crippen LogP contribution in [0.15, 0.2) is 0 Å². The molecule has 3 nitrogen and oxygen atoms in total. The van der Waals surface area contributed by atoms with Crippen LogP contribution in [-0.4, -0.2) is 23.2 Å². The van der Waals surface area contributed by atoms with Gasteiger partial charge in [0.15, 0.2) is 0 Å². The van der Waals surface area contributed by atoms with Gasteiger partial charge >= 0.3 is 0 Å². The second kappa shape index (κ2) is 6.74. The van der Waals surface area contributed by atoms with Crippen LogP contribution in [0.3, 0.4) is 0 Å². The Labute approximate surface area is 117 Å². The van der Waals surface area contributed by atoms with E-state index < -0.39 is 5.60 Å². The molecule has 2 aliphatic carbocycles. The number of nitrogens with one attached hydrogen (secondary N) is 1. The van der Waals surface area contributed by atoms with Crippen molar-refractivity contribution >= 4 is 5.91 Å². The number of carbonyl (C=O) groups is 1. The Bertz CT molecular complexity index is 289. The molecule has 0 spiro atoms. The van der Waals surface area contributed by atoms with Gasteiger partial charge in [0.05, 0.1) is 5.60 Å². The maximum absolute atomic E-state index is 11.9. The van der Waals surface area contributed by atoms with Gasteiger partial charge in [0, 0.05) is 13.0 Å². The van der Waals surface area contributed by atoms with Gasteiger partial charge in [-0.25, -0.2) is 0 Å². The van der Waals surface area contributed by atoms with Gasteiger partial charge in [0.1, 0.15) is 0 Å². The molecule has 0 aromatic heterocycles. The molecule has 19 heavy (non-hydrogen) atoms. The lowest BCUT2D eigenvalue weighted by atomic mass is 9.78. The molecule has 0 aliphatic heterocycles. The summed E-state index contributed by atoms with van der Waals surface area (Å²) in [7, 11) is 0. The summed E-state index contributed by atoms with van der Waals surface area (Å²) in [6, 6.07) is 0. The summed E-state index contributed by atoms with van der Waals surface area (Å²) >= 11 is 0. The molecule has 3 heteroatoms. The van der Waals surface area contributed by atoms with Crippen molar-refractivity contribution in [3.05, 3.63) is 0 Å². The molecule has 2 saturated carbocycles. The van der Waals surface area contributed by atoms with Gasteiger partial charge in [0.25, 0.3) is 0 Å². The van der Waals surface area contributed by atoms with Gasteiger partial charge in [-0.3, -0.25) is 4.79 Å². The van der Waals surface area contributed by atoms with Crippen molar-refractivity contribution in [3.63, 3.8) is 0 Å². The summed E-state index contributed by atoms with van der Waals surface area (Å²) in [6.07, 6.45) is 10.7. The fourth-order valence-corrected chi connectivity index (χ4v) is 3.61. The van der Waals surface area contributed by atoms with Gasteiger partial charge in [-0.15, -0.1) is 0 Å². The fourth-order valence-electron chi connectivity index (χ4n) is 3.61. The van der Waals surface area contributed by atoms with Crippen LogP contribution in [0, 0.1) is 11.8 Å². The first-order valence-electron chi connectivity index (χ1n) is 8.10. The van der Waals surface area contributed by atoms with Crippen molar-refractivity contribution in [2.24, 2.45) is 11.8 Å². The normalized spacial score (nSPS) is 32.4. The first kappa shape index (κ1) is 14.8. The summed E-state index contributed by atoms with van der Waals surface area (Å²) in [5.41, 5.74) is -0.642. The molecule has 0 aromatic carbocycles. The van der Waals surface area contributed by atoms with Crippen LogP contribution in [0.2, 0.25) is 0 Å². The summed E-state index contributed by atoms with van der Waals surface area (Å²) in [6.45, 7) is 2.67. The Morgan fingerprint density at radius 3 is 2.37 bits per heavy atom. The topological polar surface area (TPSA) is 49.3 Å². The van der Waals surface area contributed by atoms with Crippen molar-refractivity contribution in [3.8, 4) is 0 Å². The molecule has 2 N–H and O–H groups in total. The molecular formula is C16H29NO2. The molecule has 1 amide bonds. The van der Waals surface area contributed by atoms with Crippen LogP contribution >= 0.6 is 0 Å². The molecule has 0 bridgehead atoms. The van der Waals surface area contributed by atoms with Gasteiger partial charge < -0.3 is 10.4 Å². The minimum Gasteiger partial charge on any atom is -0.388 e. The predicted octanol–water partition coefficient (Wildman–Crippen LogP) is 3.01. The SMILES string of the molecule is CCC1CCC(O)(CNC(=O)CC2CCCC2)CC1. The second-order valence-electron chi connectivity index (χ2n) is 6.71. The van der Waals surface area contributed by atoms with E-state index in [9.17, 15) is 9.90 Å². The zero-order valence-corrected chi connectivity index (χ0v) is 12.3. The molecule has 0 unspecified atom stereocenters. The quantitative estimate of drug-likeness (QED) is 0.804. The molecule has 2 rings (SSSR count). The lowest BCUT2D eigenvalue weighted by Crippen LogP contribution is -2.45. The van der Waals surface area contributed by atoms with E-state index in [2.05, 4.69) is 12.2 Å². The number of rotatable bonds is 5. The number of carbonyl (C=O) groups excluding carboxylic acids is 1. The Morgan fingerprint density at radius 1 is 1.16 bits per heavy atom. The number of hydrogen-bond acceptors (Lipinski definition) is 2. The molecule has 110 valence electrons. The number of aliphatic hydroxyl groups is 1. The predicted molar refractivity (Wildman–Crippen MR) is 76.8 cm³/mol. The van der Waals surface area contributed by atoms with Crippen LogP contribution in [0.1, 0.15) is 71.1 Å². The smallest absolute Gasteiger partial charge is 0.220 e. The lowest BCUT2D eigenvalue weighted by molar-refractivity contribution is -0.123. The molecule has 2 fully saturated rings. The Morgan fingerprint density at radius 2 is 1.79 bits per heavy atom. The molecular weight excluding hydrogens is 238 g/mol. The van der Waals surface area contributed by atoms with Crippen molar-refractivity contribution in [2.45, 2.75) is 76.7 Å². The maximum Gasteiger partial charge on any atom is 0.220 e. The van der Waals surface area contributed by atoms with E-state index in [4.69, 9.17) is 0 Å². The average molecular weight is 267 g/mol. The first-order valence-corrected chi connectivity index (χ1v) is 8.10. The molecule has 0 saturated heterocycles. The van der Waals surface area contributed by atoms with Crippen molar-refractivity contribution in [1.82, 2.24) is 5.32 Å². The van der Waals surface area contributed by atoms with Crippen LogP contribution < -0.4 is 5.32 Å². The van der Waals surface area contributed by atoms with Crippen LogP contribution in [0.25, 0.3) is 0 Å². The Hall–Kier alpha value is -0.570. The molecule has 0 atom stereocenters. The molecule has 2 aliphatic rings. The van der Waals surface area contributed by atoms with E-state index >= 15 is 0 Å². The van der Waals surface area contributed by atoms with Gasteiger partial charge in [0.2, 0.25) is 5.91 Å². The van der Waals surface area contributed by atoms with Crippen molar-refractivity contribution in [1.29, 1.82) is 0 Å². The minimum absolute atomic E-state index is 0.137. The van der Waals surface area contributed by atoms with Crippen LogP contribution in [0.5, 0.6) is 0 Å². The van der Waals surface area contributed by atoms with E-state index in [1.165, 1.54) is 32.1 Å². The summed E-state index contributed by atoms with van der Waals surface area (Å²) in [5.74, 6) is 1.50. The van der Waals surface area contributed by atoms with E-state index in [1.807, 2.05) is 0 Å². The fraction of sp³-hybridized carbons (Fsp3) is 0.938. The van der Waals surface area contributed by atoms with Gasteiger partial charge in [-0.1, -0.05) is 26.2 Å². The summed E-state index contributed by atoms with van der Waals surface area (Å²) in [4.78, 5) is 11.9. The van der Waals surface area contributed by atoms with Crippen molar-refractivity contribution in [2.75, 3.05) is 6.54 Å². The largest absolute Gasteiger partial charge is 0.388 e. The van der Waals surface area contributed by atoms with Crippen LogP contribution in [0.4, 0.5) is 0 Å². The first-order chi connectivity index (χ1) is 9.11. The Kier molecular flexibility index (Phi) is 5.26. The van der Waals surface area contributed by atoms with E-state index in [-0.39, 0.29) is 5.91 Å². The van der Waals surface area contributed by atoms with E-state index in [1.54, 1.807) is 0 Å². The molecule has 0 heterocycles. The van der Waals surface area contributed by atoms with Crippen molar-refractivity contribution < 1.29 is 9.90 Å². The second-order valence-corrected chi connectivity index (χ2v) is 6.71.